The van der Waals surface area contributed by atoms with Gasteiger partial charge < -0.3 is 0 Å². The smallest absolute Gasteiger partial charge is 0.0181 e. The first-order chi connectivity index (χ1) is 9.29. The molecule has 2 aromatic rings. The van der Waals surface area contributed by atoms with Crippen molar-refractivity contribution in [1.29, 1.82) is 0 Å². The Morgan fingerprint density at radius 1 is 0.737 bits per heavy atom. The monoisotopic (exact) mass is 308 g/mol. The van der Waals surface area contributed by atoms with Gasteiger partial charge in [0.15, 0.2) is 0 Å². The molecule has 2 aromatic carbocycles. The van der Waals surface area contributed by atoms with Crippen LogP contribution in [-0.4, -0.2) is 0 Å². The van der Waals surface area contributed by atoms with Crippen LogP contribution < -0.4 is 0 Å². The van der Waals surface area contributed by atoms with Crippen molar-refractivity contribution < 1.29 is 0 Å². The molecule has 19 heavy (non-hydrogen) atoms. The fourth-order valence-corrected chi connectivity index (χ4v) is 3.38. The van der Waals surface area contributed by atoms with Crippen molar-refractivity contribution in [2.45, 2.75) is 12.8 Å². The highest BCUT2D eigenvalue weighted by atomic mass is 79.9. The molecule has 1 heteroatoms. The first-order valence-corrected chi connectivity index (χ1v) is 7.37. The number of halogens is 1. The third-order valence-electron chi connectivity index (χ3n) is 4.00. The lowest BCUT2D eigenvalue weighted by Crippen LogP contribution is -1.90. The van der Waals surface area contributed by atoms with Gasteiger partial charge >= 0.3 is 0 Å². The average Bonchev–Trinajstić information content (AvgIpc) is 3.00. The van der Waals surface area contributed by atoms with E-state index in [0.717, 1.165) is 17.3 Å². The molecule has 92 valence electrons. The van der Waals surface area contributed by atoms with Crippen LogP contribution in [0.3, 0.4) is 0 Å². The molecule has 0 spiro atoms. The van der Waals surface area contributed by atoms with Gasteiger partial charge in [-0.1, -0.05) is 58.4 Å². The minimum absolute atomic E-state index is 1.07. The molecule has 0 fully saturated rings. The van der Waals surface area contributed by atoms with E-state index in [9.17, 15) is 0 Å². The zero-order valence-electron chi connectivity index (χ0n) is 10.5. The van der Waals surface area contributed by atoms with Crippen LogP contribution in [0.15, 0.2) is 58.1 Å². The van der Waals surface area contributed by atoms with Crippen LogP contribution in [0.4, 0.5) is 0 Å². The van der Waals surface area contributed by atoms with E-state index in [-0.39, 0.29) is 0 Å². The van der Waals surface area contributed by atoms with Gasteiger partial charge in [-0.05, 0) is 58.4 Å². The number of hydrogen-bond acceptors (Lipinski definition) is 0. The molecular weight excluding hydrogens is 296 g/mol. The Labute approximate surface area is 121 Å². The second-order valence-corrected chi connectivity index (χ2v) is 6.15. The molecule has 0 radical (unpaired) electrons. The zero-order valence-corrected chi connectivity index (χ0v) is 12.1. The third kappa shape index (κ3) is 1.89. The largest absolute Gasteiger partial charge is 0.0619 e. The van der Waals surface area contributed by atoms with E-state index in [2.05, 4.69) is 70.5 Å². The van der Waals surface area contributed by atoms with Crippen molar-refractivity contribution in [2.75, 3.05) is 0 Å². The maximum atomic E-state index is 3.55. The van der Waals surface area contributed by atoms with Gasteiger partial charge in [-0.25, -0.2) is 0 Å². The van der Waals surface area contributed by atoms with Crippen LogP contribution in [0.25, 0.3) is 12.2 Å². The fourth-order valence-electron chi connectivity index (χ4n) is 3.00. The molecule has 0 bridgehead atoms. The molecule has 0 unspecified atom stereocenters. The van der Waals surface area contributed by atoms with Gasteiger partial charge in [-0.3, -0.25) is 0 Å². The maximum absolute atomic E-state index is 3.55. The van der Waals surface area contributed by atoms with Gasteiger partial charge in [0, 0.05) is 4.47 Å². The first-order valence-electron chi connectivity index (χ1n) is 6.57. The van der Waals surface area contributed by atoms with E-state index in [1.165, 1.54) is 33.4 Å². The molecule has 0 heterocycles. The second kappa shape index (κ2) is 4.21. The lowest BCUT2D eigenvalue weighted by Gasteiger charge is -2.03. The number of allylic oxidation sites excluding steroid dienone is 2. The number of benzene rings is 2. The summed E-state index contributed by atoms with van der Waals surface area (Å²) in [5, 5.41) is 0. The molecule has 0 saturated carbocycles. The Morgan fingerprint density at radius 2 is 1.42 bits per heavy atom. The standard InChI is InChI=1S/C18H13Br/c19-18-6-5-14-9-16(10-17(14)11-18)15-7-12-3-1-2-4-13(12)8-15/h1-7,10-11H,8-9H2. The summed E-state index contributed by atoms with van der Waals surface area (Å²) in [6.45, 7) is 0. The summed E-state index contributed by atoms with van der Waals surface area (Å²) in [5.74, 6) is 0. The predicted molar refractivity (Wildman–Crippen MR) is 83.9 cm³/mol. The Kier molecular flexibility index (Phi) is 2.49. The number of fused-ring (bicyclic) bond motifs is 2. The minimum atomic E-state index is 1.07. The van der Waals surface area contributed by atoms with Crippen molar-refractivity contribution in [2.24, 2.45) is 0 Å². The van der Waals surface area contributed by atoms with E-state index in [1.807, 2.05) is 0 Å². The third-order valence-corrected chi connectivity index (χ3v) is 4.49. The van der Waals surface area contributed by atoms with Crippen molar-refractivity contribution in [3.63, 3.8) is 0 Å². The summed E-state index contributed by atoms with van der Waals surface area (Å²) in [5.41, 5.74) is 8.60. The maximum Gasteiger partial charge on any atom is 0.0181 e. The molecule has 4 rings (SSSR count). The van der Waals surface area contributed by atoms with Crippen LogP contribution in [0.1, 0.15) is 22.3 Å². The summed E-state index contributed by atoms with van der Waals surface area (Å²) < 4.78 is 1.16. The van der Waals surface area contributed by atoms with Crippen LogP contribution in [0, 0.1) is 0 Å². The lowest BCUT2D eigenvalue weighted by molar-refractivity contribution is 1.13. The van der Waals surface area contributed by atoms with Crippen LogP contribution in [0.5, 0.6) is 0 Å². The van der Waals surface area contributed by atoms with Gasteiger partial charge in [0.05, 0.1) is 0 Å². The van der Waals surface area contributed by atoms with Crippen molar-refractivity contribution in [3.05, 3.63) is 80.3 Å². The summed E-state index contributed by atoms with van der Waals surface area (Å²) in [7, 11) is 0. The summed E-state index contributed by atoms with van der Waals surface area (Å²) in [6, 6.07) is 15.3. The molecule has 2 aliphatic rings. The molecule has 0 amide bonds. The van der Waals surface area contributed by atoms with E-state index in [1.54, 1.807) is 0 Å². The normalized spacial score (nSPS) is 15.8. The van der Waals surface area contributed by atoms with Crippen LogP contribution in [-0.2, 0) is 12.8 Å². The highest BCUT2D eigenvalue weighted by Crippen LogP contribution is 2.36. The Hall–Kier alpha value is -1.60. The second-order valence-electron chi connectivity index (χ2n) is 5.23. The molecular formula is C18H13Br. The van der Waals surface area contributed by atoms with Crippen molar-refractivity contribution >= 4 is 28.1 Å². The molecule has 0 atom stereocenters. The summed E-state index contributed by atoms with van der Waals surface area (Å²) in [4.78, 5) is 0. The molecule has 0 nitrogen and oxygen atoms in total. The van der Waals surface area contributed by atoms with Gasteiger partial charge in [0.1, 0.15) is 0 Å². The summed E-state index contributed by atoms with van der Waals surface area (Å²) >= 11 is 3.55. The van der Waals surface area contributed by atoms with Gasteiger partial charge in [-0.2, -0.15) is 0 Å². The quantitative estimate of drug-likeness (QED) is 0.693. The first kappa shape index (κ1) is 11.2. The molecule has 0 N–H and O–H groups in total. The average molecular weight is 309 g/mol. The zero-order chi connectivity index (χ0) is 12.8. The van der Waals surface area contributed by atoms with E-state index in [0.29, 0.717) is 0 Å². The van der Waals surface area contributed by atoms with Crippen molar-refractivity contribution in [3.8, 4) is 0 Å². The predicted octanol–water partition coefficient (Wildman–Crippen LogP) is 5.03. The highest BCUT2D eigenvalue weighted by Gasteiger charge is 2.20. The van der Waals surface area contributed by atoms with Crippen LogP contribution >= 0.6 is 15.9 Å². The molecule has 2 aliphatic carbocycles. The Bertz CT molecular complexity index is 735. The summed E-state index contributed by atoms with van der Waals surface area (Å²) in [6.07, 6.45) is 6.85. The van der Waals surface area contributed by atoms with E-state index >= 15 is 0 Å². The van der Waals surface area contributed by atoms with E-state index < -0.39 is 0 Å². The Morgan fingerprint density at radius 3 is 2.21 bits per heavy atom. The molecule has 0 aliphatic heterocycles. The molecule has 0 saturated heterocycles. The highest BCUT2D eigenvalue weighted by molar-refractivity contribution is 9.10. The minimum Gasteiger partial charge on any atom is -0.0619 e. The van der Waals surface area contributed by atoms with Gasteiger partial charge in [0.25, 0.3) is 0 Å². The number of rotatable bonds is 1. The Balaban J connectivity index is 1.70. The number of hydrogen-bond donors (Lipinski definition) is 0. The molecule has 0 aromatic heterocycles. The lowest BCUT2D eigenvalue weighted by atomic mass is 10.0. The van der Waals surface area contributed by atoms with E-state index in [4.69, 9.17) is 0 Å². The fraction of sp³-hybridized carbons (Fsp3) is 0.111. The SMILES string of the molecule is Brc1ccc2c(c1)C=C(C1=Cc3ccccc3C1)C2. The topological polar surface area (TPSA) is 0 Å². The van der Waals surface area contributed by atoms with Crippen LogP contribution in [0.2, 0.25) is 0 Å². The van der Waals surface area contributed by atoms with Gasteiger partial charge in [0.2, 0.25) is 0 Å². The van der Waals surface area contributed by atoms with Gasteiger partial charge in [-0.15, -0.1) is 0 Å². The van der Waals surface area contributed by atoms with Crippen molar-refractivity contribution in [1.82, 2.24) is 0 Å².